The van der Waals surface area contributed by atoms with Crippen LogP contribution in [-0.2, 0) is 25.7 Å². The maximum Gasteiger partial charge on any atom is 0.410 e. The van der Waals surface area contributed by atoms with E-state index in [0.29, 0.717) is 18.8 Å². The maximum atomic E-state index is 13.9. The monoisotopic (exact) mass is 611 g/mol. The van der Waals surface area contributed by atoms with Gasteiger partial charge >= 0.3 is 12.1 Å². The summed E-state index contributed by atoms with van der Waals surface area (Å²) < 4.78 is 39.0. The fraction of sp³-hybridized carbons (Fsp3) is 0.300. The molecule has 2 aromatic carbocycles. The third kappa shape index (κ3) is 8.94. The summed E-state index contributed by atoms with van der Waals surface area (Å²) in [5.74, 6) is -5.21. The first kappa shape index (κ1) is 31.8. The van der Waals surface area contributed by atoms with E-state index in [1.807, 2.05) is 41.7 Å². The van der Waals surface area contributed by atoms with Gasteiger partial charge in [0.15, 0.2) is 0 Å². The zero-order valence-corrected chi connectivity index (χ0v) is 23.4. The van der Waals surface area contributed by atoms with Crippen molar-refractivity contribution in [1.82, 2.24) is 20.5 Å². The summed E-state index contributed by atoms with van der Waals surface area (Å²) in [5.41, 5.74) is -0.115. The van der Waals surface area contributed by atoms with Crippen molar-refractivity contribution in [3.05, 3.63) is 95.7 Å². The number of carboxylic acids is 1. The van der Waals surface area contributed by atoms with E-state index in [4.69, 9.17) is 9.47 Å². The van der Waals surface area contributed by atoms with Crippen LogP contribution in [0.5, 0.6) is 0 Å². The van der Waals surface area contributed by atoms with E-state index in [0.717, 1.165) is 23.8 Å². The number of pyridine rings is 1. The second-order valence-corrected chi connectivity index (χ2v) is 9.88. The van der Waals surface area contributed by atoms with Crippen molar-refractivity contribution in [3.63, 3.8) is 0 Å². The second kappa shape index (κ2) is 15.4. The first-order valence-corrected chi connectivity index (χ1v) is 13.7. The zero-order chi connectivity index (χ0) is 31.5. The van der Waals surface area contributed by atoms with E-state index in [-0.39, 0.29) is 19.2 Å². The molecule has 1 saturated heterocycles. The van der Waals surface area contributed by atoms with Gasteiger partial charge < -0.3 is 35.4 Å². The molecule has 0 aliphatic carbocycles. The van der Waals surface area contributed by atoms with Gasteiger partial charge in [-0.1, -0.05) is 42.5 Å². The van der Waals surface area contributed by atoms with E-state index in [2.05, 4.69) is 15.6 Å². The minimum Gasteiger partial charge on any atom is -0.480 e. The molecule has 0 bridgehead atoms. The number of ether oxygens (including phenoxy) is 2. The standard InChI is InChI=1S/C30H31F2N5O7/c31-22-9-6-10-23(32)27(22)28(39)36-24(29(40)41)15-35-26(38)18-43-21-13-20(14-34-25-11-4-5-12-33-25)37(16-21)30(42)44-17-19-7-2-1-3-8-19/h1-12,20-21,24H,13-18H2,(H,33,34)(H,35,38)(H,36,39)(H,40,41). The number of aliphatic carboxylic acids is 1. The number of nitrogens with one attached hydrogen (secondary N) is 3. The lowest BCUT2D eigenvalue weighted by Gasteiger charge is -2.24. The van der Waals surface area contributed by atoms with Crippen LogP contribution in [0.15, 0.2) is 72.9 Å². The number of benzene rings is 2. The number of likely N-dealkylation sites (tertiary alicyclic amines) is 1. The summed E-state index contributed by atoms with van der Waals surface area (Å²) in [6.07, 6.45) is 0.907. The van der Waals surface area contributed by atoms with Gasteiger partial charge in [0.2, 0.25) is 5.91 Å². The van der Waals surface area contributed by atoms with Crippen molar-refractivity contribution in [1.29, 1.82) is 0 Å². The van der Waals surface area contributed by atoms with Crippen LogP contribution in [0.3, 0.4) is 0 Å². The molecular weight excluding hydrogens is 580 g/mol. The Morgan fingerprint density at radius 3 is 2.41 bits per heavy atom. The van der Waals surface area contributed by atoms with Crippen LogP contribution in [0.4, 0.5) is 19.4 Å². The summed E-state index contributed by atoms with van der Waals surface area (Å²) in [6, 6.07) is 15.3. The summed E-state index contributed by atoms with van der Waals surface area (Å²) in [6.45, 7) is -0.488. The third-order valence-electron chi connectivity index (χ3n) is 6.75. The number of hydrogen-bond donors (Lipinski definition) is 4. The minimum absolute atomic E-state index is 0.0787. The average Bonchev–Trinajstić information content (AvgIpc) is 3.44. The van der Waals surface area contributed by atoms with Crippen LogP contribution in [0.2, 0.25) is 0 Å². The largest absolute Gasteiger partial charge is 0.480 e. The van der Waals surface area contributed by atoms with Crippen LogP contribution < -0.4 is 16.0 Å². The number of carboxylic acid groups (broad SMARTS) is 1. The maximum absolute atomic E-state index is 13.9. The van der Waals surface area contributed by atoms with E-state index in [9.17, 15) is 33.1 Å². The number of anilines is 1. The van der Waals surface area contributed by atoms with Gasteiger partial charge in [0.25, 0.3) is 5.91 Å². The zero-order valence-electron chi connectivity index (χ0n) is 23.4. The highest BCUT2D eigenvalue weighted by Crippen LogP contribution is 2.22. The number of carbonyl (C=O) groups is 4. The first-order chi connectivity index (χ1) is 21.2. The molecule has 44 heavy (non-hydrogen) atoms. The van der Waals surface area contributed by atoms with E-state index >= 15 is 0 Å². The summed E-state index contributed by atoms with van der Waals surface area (Å²) in [7, 11) is 0. The van der Waals surface area contributed by atoms with Crippen LogP contribution in [0.1, 0.15) is 22.3 Å². The van der Waals surface area contributed by atoms with E-state index in [1.165, 1.54) is 4.90 Å². The summed E-state index contributed by atoms with van der Waals surface area (Å²) >= 11 is 0. The Balaban J connectivity index is 1.29. The van der Waals surface area contributed by atoms with E-state index < -0.39 is 66.4 Å². The average molecular weight is 612 g/mol. The van der Waals surface area contributed by atoms with Crippen molar-refractivity contribution < 1.29 is 42.5 Å². The predicted molar refractivity (Wildman–Crippen MR) is 152 cm³/mol. The van der Waals surface area contributed by atoms with Crippen molar-refractivity contribution in [2.75, 3.05) is 31.6 Å². The summed E-state index contributed by atoms with van der Waals surface area (Å²) in [5, 5.41) is 16.9. The Morgan fingerprint density at radius 1 is 1.00 bits per heavy atom. The van der Waals surface area contributed by atoms with Gasteiger partial charge in [0.05, 0.1) is 18.7 Å². The van der Waals surface area contributed by atoms with Crippen molar-refractivity contribution in [2.45, 2.75) is 31.2 Å². The molecule has 4 N–H and O–H groups in total. The molecule has 0 radical (unpaired) electrons. The van der Waals surface area contributed by atoms with Gasteiger partial charge in [-0.05, 0) is 36.2 Å². The topological polar surface area (TPSA) is 159 Å². The smallest absolute Gasteiger partial charge is 0.410 e. The van der Waals surface area contributed by atoms with Gasteiger partial charge in [0, 0.05) is 19.3 Å². The quantitative estimate of drug-likeness (QED) is 0.228. The van der Waals surface area contributed by atoms with Crippen LogP contribution in [0.25, 0.3) is 0 Å². The Hall–Kier alpha value is -5.11. The molecule has 12 nitrogen and oxygen atoms in total. The van der Waals surface area contributed by atoms with E-state index in [1.54, 1.807) is 18.3 Å². The lowest BCUT2D eigenvalue weighted by molar-refractivity contribution is -0.139. The molecule has 3 aromatic rings. The number of rotatable bonds is 13. The van der Waals surface area contributed by atoms with Gasteiger partial charge in [-0.15, -0.1) is 0 Å². The number of carbonyl (C=O) groups excluding carboxylic acids is 3. The molecule has 232 valence electrons. The van der Waals surface area contributed by atoms with Crippen molar-refractivity contribution >= 4 is 29.7 Å². The normalized spacial score (nSPS) is 16.5. The molecule has 3 unspecified atom stereocenters. The Bertz CT molecular complexity index is 1430. The first-order valence-electron chi connectivity index (χ1n) is 13.7. The lowest BCUT2D eigenvalue weighted by atomic mass is 10.1. The molecule has 2 heterocycles. The molecule has 0 saturated carbocycles. The highest BCUT2D eigenvalue weighted by atomic mass is 19.1. The number of hydrogen-bond acceptors (Lipinski definition) is 8. The molecule has 4 rings (SSSR count). The number of halogens is 2. The molecule has 3 amide bonds. The Labute approximate surface area is 251 Å². The van der Waals surface area contributed by atoms with Crippen LogP contribution in [0, 0.1) is 11.6 Å². The Morgan fingerprint density at radius 2 is 1.73 bits per heavy atom. The molecule has 1 aliphatic heterocycles. The van der Waals surface area contributed by atoms with Crippen molar-refractivity contribution in [3.8, 4) is 0 Å². The molecule has 3 atom stereocenters. The molecule has 1 aromatic heterocycles. The predicted octanol–water partition coefficient (Wildman–Crippen LogP) is 2.57. The highest BCUT2D eigenvalue weighted by molar-refractivity contribution is 5.97. The highest BCUT2D eigenvalue weighted by Gasteiger charge is 2.37. The SMILES string of the molecule is O=C(COC1CC(CNc2ccccn2)N(C(=O)OCc2ccccc2)C1)NCC(NC(=O)c1c(F)cccc1F)C(=O)O. The lowest BCUT2D eigenvalue weighted by Crippen LogP contribution is -2.49. The molecule has 1 aliphatic rings. The molecule has 1 fully saturated rings. The molecule has 0 spiro atoms. The molecule has 14 heteroatoms. The van der Waals surface area contributed by atoms with Gasteiger partial charge in [-0.3, -0.25) is 9.59 Å². The summed E-state index contributed by atoms with van der Waals surface area (Å²) in [4.78, 5) is 55.1. The van der Waals surface area contributed by atoms with Crippen LogP contribution >= 0.6 is 0 Å². The third-order valence-corrected chi connectivity index (χ3v) is 6.75. The van der Waals surface area contributed by atoms with Gasteiger partial charge in [-0.2, -0.15) is 0 Å². The fourth-order valence-corrected chi connectivity index (χ4v) is 4.51. The van der Waals surface area contributed by atoms with Crippen molar-refractivity contribution in [2.24, 2.45) is 0 Å². The van der Waals surface area contributed by atoms with Gasteiger partial charge in [-0.25, -0.2) is 23.4 Å². The van der Waals surface area contributed by atoms with Crippen LogP contribution in [-0.4, -0.2) is 83.3 Å². The second-order valence-electron chi connectivity index (χ2n) is 9.88. The fourth-order valence-electron chi connectivity index (χ4n) is 4.51. The Kier molecular flexibility index (Phi) is 11.1. The molecular formula is C30H31F2N5O7. The number of nitrogens with zero attached hydrogens (tertiary/aromatic N) is 2. The minimum atomic E-state index is -1.67. The number of amides is 3. The van der Waals surface area contributed by atoms with Gasteiger partial charge in [0.1, 0.15) is 42.3 Å². The number of aromatic nitrogens is 1.